The lowest BCUT2D eigenvalue weighted by Crippen LogP contribution is -2.08. The maximum Gasteiger partial charge on any atom is 0.360 e. The predicted octanol–water partition coefficient (Wildman–Crippen LogP) is 2.99. The van der Waals surface area contributed by atoms with Gasteiger partial charge in [-0.1, -0.05) is 17.7 Å². The first-order chi connectivity index (χ1) is 11.4. The van der Waals surface area contributed by atoms with E-state index in [1.807, 2.05) is 6.92 Å². The Morgan fingerprint density at radius 2 is 1.54 bits per heavy atom. The topological polar surface area (TPSA) is 122 Å². The van der Waals surface area contributed by atoms with Gasteiger partial charge in [-0.05, 0) is 25.1 Å². The lowest BCUT2D eigenvalue weighted by molar-refractivity contribution is -0.396. The lowest BCUT2D eigenvalue weighted by atomic mass is 10.1. The SMILES string of the molecule is Cc1ccc(OS(=O)OCc2c([N+](=O)[O-])cccc2[N+](=O)[O-])cc1. The quantitative estimate of drug-likeness (QED) is 0.554. The van der Waals surface area contributed by atoms with Gasteiger partial charge >= 0.3 is 11.4 Å². The van der Waals surface area contributed by atoms with Crippen molar-refractivity contribution in [1.82, 2.24) is 0 Å². The fourth-order valence-electron chi connectivity index (χ4n) is 1.86. The van der Waals surface area contributed by atoms with E-state index in [9.17, 15) is 24.4 Å². The highest BCUT2D eigenvalue weighted by Gasteiger charge is 2.25. The third-order valence-corrected chi connectivity index (χ3v) is 3.64. The monoisotopic (exact) mass is 352 g/mol. The smallest absolute Gasteiger partial charge is 0.360 e. The summed E-state index contributed by atoms with van der Waals surface area (Å²) >= 11 is -2.27. The Bertz CT molecular complexity index is 760. The fourth-order valence-corrected chi connectivity index (χ4v) is 2.39. The third kappa shape index (κ3) is 4.33. The van der Waals surface area contributed by atoms with E-state index in [0.29, 0.717) is 0 Å². The molecule has 126 valence electrons. The van der Waals surface area contributed by atoms with E-state index < -0.39 is 39.2 Å². The number of aryl methyl sites for hydroxylation is 1. The van der Waals surface area contributed by atoms with Gasteiger partial charge in [-0.25, -0.2) is 0 Å². The minimum Gasteiger partial charge on any atom is -0.380 e. The van der Waals surface area contributed by atoms with Crippen molar-refractivity contribution in [2.75, 3.05) is 0 Å². The molecular formula is C14H12N2O7S. The average molecular weight is 352 g/mol. The van der Waals surface area contributed by atoms with Crippen LogP contribution in [0.3, 0.4) is 0 Å². The van der Waals surface area contributed by atoms with Crippen molar-refractivity contribution in [3.8, 4) is 5.75 Å². The molecule has 0 amide bonds. The van der Waals surface area contributed by atoms with Crippen LogP contribution < -0.4 is 4.18 Å². The van der Waals surface area contributed by atoms with E-state index in [2.05, 4.69) is 0 Å². The first-order valence-corrected chi connectivity index (χ1v) is 7.59. The van der Waals surface area contributed by atoms with Crippen molar-refractivity contribution in [3.05, 3.63) is 73.8 Å². The molecule has 1 atom stereocenters. The van der Waals surface area contributed by atoms with Gasteiger partial charge in [0.2, 0.25) is 0 Å². The van der Waals surface area contributed by atoms with Crippen LogP contribution in [0.4, 0.5) is 11.4 Å². The number of nitro benzene ring substituents is 2. The molecule has 0 N–H and O–H groups in total. The molecule has 0 aliphatic rings. The van der Waals surface area contributed by atoms with Gasteiger partial charge in [0.05, 0.1) is 9.85 Å². The third-order valence-electron chi connectivity index (χ3n) is 3.00. The van der Waals surface area contributed by atoms with Crippen molar-refractivity contribution in [2.24, 2.45) is 0 Å². The second-order valence-electron chi connectivity index (χ2n) is 4.65. The van der Waals surface area contributed by atoms with Crippen molar-refractivity contribution in [1.29, 1.82) is 0 Å². The van der Waals surface area contributed by atoms with Gasteiger partial charge in [-0.2, -0.15) is 4.21 Å². The molecule has 2 rings (SSSR count). The molecule has 0 aliphatic heterocycles. The normalized spacial score (nSPS) is 11.7. The summed E-state index contributed by atoms with van der Waals surface area (Å²) in [5.74, 6) is 0.274. The van der Waals surface area contributed by atoms with E-state index in [1.165, 1.54) is 6.07 Å². The first-order valence-electron chi connectivity index (χ1n) is 6.59. The molecule has 0 saturated carbocycles. The van der Waals surface area contributed by atoms with Crippen molar-refractivity contribution >= 4 is 22.7 Å². The molecular weight excluding hydrogens is 340 g/mol. The van der Waals surface area contributed by atoms with Gasteiger partial charge in [0.1, 0.15) is 17.9 Å². The summed E-state index contributed by atoms with van der Waals surface area (Å²) < 4.78 is 21.6. The highest BCUT2D eigenvalue weighted by atomic mass is 32.2. The fraction of sp³-hybridized carbons (Fsp3) is 0.143. The molecule has 0 bridgehead atoms. The highest BCUT2D eigenvalue weighted by molar-refractivity contribution is 7.75. The van der Waals surface area contributed by atoms with Gasteiger partial charge in [0.15, 0.2) is 0 Å². The summed E-state index contributed by atoms with van der Waals surface area (Å²) in [5.41, 5.74) is -0.286. The summed E-state index contributed by atoms with van der Waals surface area (Å²) in [6, 6.07) is 10.0. The molecule has 0 aliphatic carbocycles. The molecule has 0 radical (unpaired) electrons. The van der Waals surface area contributed by atoms with E-state index in [-0.39, 0.29) is 11.3 Å². The molecule has 9 nitrogen and oxygen atoms in total. The van der Waals surface area contributed by atoms with Gasteiger partial charge < -0.3 is 4.18 Å². The van der Waals surface area contributed by atoms with Crippen LogP contribution in [0, 0.1) is 27.2 Å². The maximum absolute atomic E-state index is 11.8. The Morgan fingerprint density at radius 1 is 1.00 bits per heavy atom. The highest BCUT2D eigenvalue weighted by Crippen LogP contribution is 2.29. The second-order valence-corrected chi connectivity index (χ2v) is 5.46. The molecule has 24 heavy (non-hydrogen) atoms. The zero-order chi connectivity index (χ0) is 17.7. The van der Waals surface area contributed by atoms with Crippen LogP contribution in [0.2, 0.25) is 0 Å². The molecule has 2 aromatic carbocycles. The number of nitrogens with zero attached hydrogens (tertiary/aromatic N) is 2. The van der Waals surface area contributed by atoms with Crippen molar-refractivity contribution < 1.29 is 22.4 Å². The van der Waals surface area contributed by atoms with Crippen molar-refractivity contribution in [3.63, 3.8) is 0 Å². The van der Waals surface area contributed by atoms with Crippen LogP contribution in [0.15, 0.2) is 42.5 Å². The lowest BCUT2D eigenvalue weighted by Gasteiger charge is -2.06. The summed E-state index contributed by atoms with van der Waals surface area (Å²) in [6.07, 6.45) is 0. The number of nitro groups is 2. The predicted molar refractivity (Wildman–Crippen MR) is 84.5 cm³/mol. The van der Waals surface area contributed by atoms with Gasteiger partial charge in [0, 0.05) is 12.1 Å². The zero-order valence-corrected chi connectivity index (χ0v) is 13.2. The molecule has 0 fully saturated rings. The Kier molecular flexibility index (Phi) is 5.55. The molecule has 10 heteroatoms. The van der Waals surface area contributed by atoms with E-state index in [0.717, 1.165) is 17.7 Å². The maximum atomic E-state index is 11.8. The Hall–Kier alpha value is -2.85. The number of hydrogen-bond donors (Lipinski definition) is 0. The minimum absolute atomic E-state index is 0.274. The molecule has 2 aromatic rings. The first kappa shape index (κ1) is 17.5. The van der Waals surface area contributed by atoms with Crippen LogP contribution in [0.1, 0.15) is 11.1 Å². The second kappa shape index (κ2) is 7.62. The van der Waals surface area contributed by atoms with Crippen LogP contribution in [-0.2, 0) is 22.2 Å². The summed E-state index contributed by atoms with van der Waals surface area (Å²) in [4.78, 5) is 20.4. The summed E-state index contributed by atoms with van der Waals surface area (Å²) in [7, 11) is 0. The number of rotatable bonds is 7. The van der Waals surface area contributed by atoms with Crippen LogP contribution >= 0.6 is 0 Å². The van der Waals surface area contributed by atoms with Crippen LogP contribution in [-0.4, -0.2) is 14.1 Å². The van der Waals surface area contributed by atoms with Crippen molar-refractivity contribution in [2.45, 2.75) is 13.5 Å². The van der Waals surface area contributed by atoms with Crippen LogP contribution in [0.25, 0.3) is 0 Å². The summed E-state index contributed by atoms with van der Waals surface area (Å²) in [5, 5.41) is 22.0. The molecule has 0 heterocycles. The Morgan fingerprint density at radius 3 is 2.04 bits per heavy atom. The Labute approximate surface area is 139 Å². The number of benzene rings is 2. The molecule has 0 saturated heterocycles. The Balaban J connectivity index is 2.13. The van der Waals surface area contributed by atoms with Gasteiger partial charge in [-0.3, -0.25) is 24.4 Å². The van der Waals surface area contributed by atoms with E-state index in [1.54, 1.807) is 24.3 Å². The van der Waals surface area contributed by atoms with Gasteiger partial charge in [-0.15, -0.1) is 0 Å². The molecule has 0 aromatic heterocycles. The van der Waals surface area contributed by atoms with Gasteiger partial charge in [0.25, 0.3) is 11.4 Å². The standard InChI is InChI=1S/C14H12N2O7S/c1-10-5-7-11(8-6-10)23-24(21)22-9-12-13(15(17)18)3-2-4-14(12)16(19)20/h2-8H,9H2,1H3. The van der Waals surface area contributed by atoms with Crippen LogP contribution in [0.5, 0.6) is 5.75 Å². The van der Waals surface area contributed by atoms with E-state index >= 15 is 0 Å². The summed E-state index contributed by atoms with van der Waals surface area (Å²) in [6.45, 7) is 1.26. The largest absolute Gasteiger partial charge is 0.380 e. The van der Waals surface area contributed by atoms with E-state index in [4.69, 9.17) is 8.37 Å². The average Bonchev–Trinajstić information content (AvgIpc) is 2.54. The number of hydrogen-bond acceptors (Lipinski definition) is 7. The molecule has 1 unspecified atom stereocenters. The zero-order valence-electron chi connectivity index (χ0n) is 12.4. The molecule has 0 spiro atoms. The minimum atomic E-state index is -2.27.